The third kappa shape index (κ3) is 6.35. The molecule has 1 saturated carbocycles. The molecule has 1 amide bonds. The van der Waals surface area contributed by atoms with E-state index in [4.69, 9.17) is 9.84 Å². The van der Waals surface area contributed by atoms with Crippen molar-refractivity contribution in [2.45, 2.75) is 70.9 Å². The van der Waals surface area contributed by atoms with Crippen LogP contribution in [0.15, 0.2) is 48.5 Å². The quantitative estimate of drug-likeness (QED) is 0.466. The van der Waals surface area contributed by atoms with Crippen molar-refractivity contribution in [3.63, 3.8) is 0 Å². The van der Waals surface area contributed by atoms with E-state index < -0.39 is 5.97 Å². The minimum absolute atomic E-state index is 0.112. The Bertz CT molecular complexity index is 928. The summed E-state index contributed by atoms with van der Waals surface area (Å²) in [6.45, 7) is 3.94. The number of aryl methyl sites for hydroxylation is 1. The van der Waals surface area contributed by atoms with Gasteiger partial charge in [0.05, 0.1) is 18.6 Å². The summed E-state index contributed by atoms with van der Waals surface area (Å²) < 4.78 is 5.01. The molecule has 2 aromatic rings. The summed E-state index contributed by atoms with van der Waals surface area (Å²) in [4.78, 5) is 21.2. The third-order valence-electron chi connectivity index (χ3n) is 6.73. The van der Waals surface area contributed by atoms with Gasteiger partial charge < -0.3 is 20.3 Å². The normalized spacial score (nSPS) is 19.1. The predicted molar refractivity (Wildman–Crippen MR) is 127 cm³/mol. The van der Waals surface area contributed by atoms with Gasteiger partial charge in [0.1, 0.15) is 5.75 Å². The number of benzene rings is 2. The fraction of sp³-hybridized carbons (Fsp3) is 0.481. The van der Waals surface area contributed by atoms with Crippen LogP contribution in [0.1, 0.15) is 81.2 Å². The van der Waals surface area contributed by atoms with Crippen molar-refractivity contribution in [1.29, 1.82) is 0 Å². The second kappa shape index (κ2) is 11.3. The Hall–Kier alpha value is -2.86. The maximum absolute atomic E-state index is 11.0. The SMILES string of the molecule is CCCC1(C(O)c2ccc([C@H]3CC(=O)N3)cc2)CCC1.CCc1cccc(OCC(=O)O)c1. The van der Waals surface area contributed by atoms with E-state index in [1.165, 1.54) is 6.42 Å². The first-order chi connectivity index (χ1) is 15.9. The highest BCUT2D eigenvalue weighted by atomic mass is 16.5. The van der Waals surface area contributed by atoms with Crippen LogP contribution in [0.3, 0.4) is 0 Å². The van der Waals surface area contributed by atoms with Gasteiger partial charge >= 0.3 is 5.97 Å². The minimum atomic E-state index is -0.957. The smallest absolute Gasteiger partial charge is 0.341 e. The van der Waals surface area contributed by atoms with Gasteiger partial charge in [-0.15, -0.1) is 0 Å². The van der Waals surface area contributed by atoms with Crippen molar-refractivity contribution in [3.8, 4) is 5.75 Å². The molecule has 1 aliphatic heterocycles. The Morgan fingerprint density at radius 2 is 1.88 bits per heavy atom. The molecule has 33 heavy (non-hydrogen) atoms. The van der Waals surface area contributed by atoms with E-state index in [-0.39, 0.29) is 30.1 Å². The van der Waals surface area contributed by atoms with Crippen molar-refractivity contribution >= 4 is 11.9 Å². The lowest BCUT2D eigenvalue weighted by Crippen LogP contribution is -2.41. The molecule has 2 fully saturated rings. The van der Waals surface area contributed by atoms with Gasteiger partial charge in [-0.05, 0) is 54.5 Å². The molecule has 2 aromatic carbocycles. The number of carbonyl (C=O) groups excluding carboxylic acids is 1. The van der Waals surface area contributed by atoms with Crippen molar-refractivity contribution < 1.29 is 24.5 Å². The average molecular weight is 454 g/mol. The van der Waals surface area contributed by atoms with Crippen LogP contribution in [0, 0.1) is 5.41 Å². The van der Waals surface area contributed by atoms with E-state index in [1.807, 2.05) is 49.4 Å². The predicted octanol–water partition coefficient (Wildman–Crippen LogP) is 4.96. The molecule has 4 rings (SSSR count). The lowest BCUT2D eigenvalue weighted by atomic mass is 9.61. The number of rotatable bonds is 9. The summed E-state index contributed by atoms with van der Waals surface area (Å²) in [5.74, 6) is -0.223. The number of hydrogen-bond acceptors (Lipinski definition) is 4. The van der Waals surface area contributed by atoms with Gasteiger partial charge in [-0.25, -0.2) is 4.79 Å². The van der Waals surface area contributed by atoms with Crippen LogP contribution >= 0.6 is 0 Å². The molecule has 1 saturated heterocycles. The van der Waals surface area contributed by atoms with Gasteiger partial charge in [0.15, 0.2) is 6.61 Å². The van der Waals surface area contributed by atoms with Crippen LogP contribution in [-0.4, -0.2) is 28.7 Å². The van der Waals surface area contributed by atoms with Crippen molar-refractivity contribution in [1.82, 2.24) is 5.32 Å². The highest BCUT2D eigenvalue weighted by Crippen LogP contribution is 2.53. The molecule has 6 heteroatoms. The molecule has 0 radical (unpaired) electrons. The zero-order chi connectivity index (χ0) is 23.8. The van der Waals surface area contributed by atoms with Crippen LogP contribution in [0.25, 0.3) is 0 Å². The van der Waals surface area contributed by atoms with E-state index in [0.29, 0.717) is 12.2 Å². The number of amides is 1. The summed E-state index contributed by atoms with van der Waals surface area (Å²) in [6.07, 6.45) is 6.92. The molecular weight excluding hydrogens is 418 g/mol. The van der Waals surface area contributed by atoms with Crippen molar-refractivity contribution in [2.75, 3.05) is 6.61 Å². The summed E-state index contributed by atoms with van der Waals surface area (Å²) in [5.41, 5.74) is 3.41. The highest BCUT2D eigenvalue weighted by molar-refractivity contribution is 5.83. The van der Waals surface area contributed by atoms with E-state index >= 15 is 0 Å². The zero-order valence-electron chi connectivity index (χ0n) is 19.5. The summed E-state index contributed by atoms with van der Waals surface area (Å²) >= 11 is 0. The first kappa shape index (κ1) is 24.8. The lowest BCUT2D eigenvalue weighted by Gasteiger charge is -2.46. The standard InChI is InChI=1S/C17H23NO2.C10H12O3/c1-2-8-17(9-3-10-17)16(20)13-6-4-12(5-7-13)14-11-15(19)18-14;1-2-8-4-3-5-9(6-8)13-7-10(11)12/h4-7,14,16,20H,2-3,8-11H2,1H3,(H,18,19);3-6H,2,7H2,1H3,(H,11,12)/t14-,16?;/m1./s1. The topological polar surface area (TPSA) is 95.9 Å². The Morgan fingerprint density at radius 3 is 2.39 bits per heavy atom. The second-order valence-electron chi connectivity index (χ2n) is 9.04. The molecule has 1 heterocycles. The summed E-state index contributed by atoms with van der Waals surface area (Å²) in [6, 6.07) is 15.7. The van der Waals surface area contributed by atoms with Gasteiger partial charge in [0.25, 0.3) is 0 Å². The fourth-order valence-electron chi connectivity index (χ4n) is 4.61. The monoisotopic (exact) mass is 453 g/mol. The first-order valence-electron chi connectivity index (χ1n) is 11.9. The number of aliphatic carboxylic acids is 1. The molecule has 178 valence electrons. The van der Waals surface area contributed by atoms with E-state index in [1.54, 1.807) is 6.07 Å². The highest BCUT2D eigenvalue weighted by Gasteiger charge is 2.43. The summed E-state index contributed by atoms with van der Waals surface area (Å²) in [5, 5.41) is 22.0. The number of hydrogen-bond donors (Lipinski definition) is 3. The largest absolute Gasteiger partial charge is 0.482 e. The Balaban J connectivity index is 0.000000205. The van der Waals surface area contributed by atoms with Gasteiger partial charge in [-0.3, -0.25) is 4.79 Å². The van der Waals surface area contributed by atoms with Crippen LogP contribution in [0.2, 0.25) is 0 Å². The fourth-order valence-corrected chi connectivity index (χ4v) is 4.61. The number of nitrogens with one attached hydrogen (secondary N) is 1. The Labute approximate surface area is 196 Å². The molecule has 6 nitrogen and oxygen atoms in total. The van der Waals surface area contributed by atoms with Crippen LogP contribution in [-0.2, 0) is 16.0 Å². The molecular formula is C27H35NO5. The van der Waals surface area contributed by atoms with Crippen LogP contribution < -0.4 is 10.1 Å². The molecule has 2 atom stereocenters. The molecule has 0 aromatic heterocycles. The number of aliphatic hydroxyl groups is 1. The van der Waals surface area contributed by atoms with Gasteiger partial charge in [0, 0.05) is 5.41 Å². The van der Waals surface area contributed by atoms with Crippen LogP contribution in [0.5, 0.6) is 5.75 Å². The molecule has 0 bridgehead atoms. The molecule has 0 spiro atoms. The molecule has 3 N–H and O–H groups in total. The number of aliphatic hydroxyl groups excluding tert-OH is 1. The minimum Gasteiger partial charge on any atom is -0.482 e. The zero-order valence-corrected chi connectivity index (χ0v) is 19.5. The number of carboxylic acids is 1. The van der Waals surface area contributed by atoms with Crippen molar-refractivity contribution in [2.24, 2.45) is 5.41 Å². The Kier molecular flexibility index (Phi) is 8.50. The van der Waals surface area contributed by atoms with E-state index in [0.717, 1.165) is 48.8 Å². The average Bonchev–Trinajstić information content (AvgIpc) is 2.78. The molecule has 2 aliphatic rings. The maximum atomic E-state index is 11.0. The number of carboxylic acid groups (broad SMARTS) is 1. The first-order valence-corrected chi connectivity index (χ1v) is 11.9. The molecule has 1 unspecified atom stereocenters. The Morgan fingerprint density at radius 1 is 1.18 bits per heavy atom. The van der Waals surface area contributed by atoms with Gasteiger partial charge in [0.2, 0.25) is 5.91 Å². The number of carbonyl (C=O) groups is 2. The van der Waals surface area contributed by atoms with Crippen LogP contribution in [0.4, 0.5) is 0 Å². The van der Waals surface area contributed by atoms with E-state index in [2.05, 4.69) is 12.2 Å². The third-order valence-corrected chi connectivity index (χ3v) is 6.73. The maximum Gasteiger partial charge on any atom is 0.341 e. The number of ether oxygens (including phenoxy) is 1. The molecule has 1 aliphatic carbocycles. The number of β-lactam (4-membered cyclic amide) rings is 1. The van der Waals surface area contributed by atoms with E-state index in [9.17, 15) is 14.7 Å². The second-order valence-corrected chi connectivity index (χ2v) is 9.04. The lowest BCUT2D eigenvalue weighted by molar-refractivity contribution is -0.139. The van der Waals surface area contributed by atoms with Crippen molar-refractivity contribution in [3.05, 3.63) is 65.2 Å². The van der Waals surface area contributed by atoms with Gasteiger partial charge in [-0.2, -0.15) is 0 Å². The summed E-state index contributed by atoms with van der Waals surface area (Å²) in [7, 11) is 0. The van der Waals surface area contributed by atoms with Gasteiger partial charge in [-0.1, -0.05) is 63.1 Å².